The quantitative estimate of drug-likeness (QED) is 0.0637. The maximum atomic E-state index is 13.1. The second kappa shape index (κ2) is 16.2. The van der Waals surface area contributed by atoms with Crippen LogP contribution < -0.4 is 21.3 Å². The van der Waals surface area contributed by atoms with Gasteiger partial charge in [-0.15, -0.1) is 10.2 Å². The van der Waals surface area contributed by atoms with E-state index in [2.05, 4.69) is 41.7 Å². The van der Waals surface area contributed by atoms with E-state index in [9.17, 15) is 34.2 Å². The molecule has 274 valence electrons. The topological polar surface area (TPSA) is 223 Å². The van der Waals surface area contributed by atoms with Crippen LogP contribution in [0, 0.1) is 0 Å². The van der Waals surface area contributed by atoms with Gasteiger partial charge in [-0.3, -0.25) is 25.0 Å². The number of azo groups is 2. The fourth-order valence-corrected chi connectivity index (χ4v) is 5.47. The summed E-state index contributed by atoms with van der Waals surface area (Å²) in [7, 11) is 2.80. The molecule has 15 heteroatoms. The molecule has 6 aromatic carbocycles. The standard InChI is InChI=1S/C40H32N8O7/c1-41-39(54)43-37(52)26-7-15-30-24(20-26)9-17-32(49)35(30)47-45-28-11-3-22(4-12-28)19-34(51)23-5-13-29(14-6-23)46-48-36-31-16-8-27(38(53)44-40(55)42-2)21-25(31)10-18-33(36)50/h3-18,20-21,49-50H,19H2,1-2H3,(H2,41,43,52,54)(H2,42,44,53,55). The predicted molar refractivity (Wildman–Crippen MR) is 204 cm³/mol. The molecule has 0 saturated heterocycles. The number of carbonyl (C=O) groups is 5. The summed E-state index contributed by atoms with van der Waals surface area (Å²) < 4.78 is 0. The molecule has 6 N–H and O–H groups in total. The molecule has 0 aromatic heterocycles. The molecule has 0 radical (unpaired) electrons. The van der Waals surface area contributed by atoms with E-state index < -0.39 is 23.9 Å². The van der Waals surface area contributed by atoms with Gasteiger partial charge in [0.2, 0.25) is 0 Å². The maximum Gasteiger partial charge on any atom is 0.321 e. The molecule has 0 atom stereocenters. The highest BCUT2D eigenvalue weighted by molar-refractivity contribution is 6.08. The smallest absolute Gasteiger partial charge is 0.321 e. The molecule has 6 rings (SSSR count). The average Bonchev–Trinajstić information content (AvgIpc) is 3.20. The van der Waals surface area contributed by atoms with Gasteiger partial charge in [-0.25, -0.2) is 9.59 Å². The summed E-state index contributed by atoms with van der Waals surface area (Å²) in [5.41, 5.74) is 3.00. The second-order valence-corrected chi connectivity index (χ2v) is 12.0. The largest absolute Gasteiger partial charge is 0.506 e. The van der Waals surface area contributed by atoms with E-state index in [1.165, 1.54) is 38.4 Å². The van der Waals surface area contributed by atoms with Gasteiger partial charge in [0.05, 0.1) is 11.4 Å². The van der Waals surface area contributed by atoms with E-state index in [0.717, 1.165) is 5.56 Å². The molecule has 0 heterocycles. The number of Topliss-reactive ketones (excluding diaryl/α,β-unsaturated/α-hetero) is 1. The molecular weight excluding hydrogens is 704 g/mol. The molecule has 0 aliphatic rings. The number of imide groups is 2. The van der Waals surface area contributed by atoms with Gasteiger partial charge < -0.3 is 20.8 Å². The molecule has 0 aliphatic carbocycles. The number of nitrogens with zero attached hydrogens (tertiary/aromatic N) is 4. The number of aromatic hydroxyl groups is 2. The first kappa shape index (κ1) is 37.0. The first-order valence-electron chi connectivity index (χ1n) is 16.7. The van der Waals surface area contributed by atoms with E-state index >= 15 is 0 Å². The lowest BCUT2D eigenvalue weighted by molar-refractivity contribution is 0.0954. The van der Waals surface area contributed by atoms with Gasteiger partial charge in [0.25, 0.3) is 11.8 Å². The van der Waals surface area contributed by atoms with Crippen molar-refractivity contribution in [1.82, 2.24) is 21.3 Å². The Morgan fingerprint density at radius 3 is 1.36 bits per heavy atom. The third-order valence-electron chi connectivity index (χ3n) is 8.39. The maximum absolute atomic E-state index is 13.1. The van der Waals surface area contributed by atoms with Crippen molar-refractivity contribution in [2.75, 3.05) is 14.1 Å². The summed E-state index contributed by atoms with van der Waals surface area (Å²) in [6.07, 6.45) is 0.116. The second-order valence-electron chi connectivity index (χ2n) is 12.0. The fourth-order valence-electron chi connectivity index (χ4n) is 5.47. The van der Waals surface area contributed by atoms with Crippen molar-refractivity contribution in [3.8, 4) is 11.5 Å². The molecule has 0 aliphatic heterocycles. The molecule has 0 fully saturated rings. The summed E-state index contributed by atoms with van der Waals surface area (Å²) >= 11 is 0. The first-order chi connectivity index (χ1) is 26.5. The Morgan fingerprint density at radius 2 is 0.927 bits per heavy atom. The summed E-state index contributed by atoms with van der Waals surface area (Å²) in [5.74, 6) is -1.53. The number of fused-ring (bicyclic) bond motifs is 2. The molecule has 0 unspecified atom stereocenters. The molecule has 0 bridgehead atoms. The van der Waals surface area contributed by atoms with E-state index in [-0.39, 0.29) is 46.2 Å². The molecule has 0 spiro atoms. The molecule has 15 nitrogen and oxygen atoms in total. The monoisotopic (exact) mass is 736 g/mol. The van der Waals surface area contributed by atoms with Crippen LogP contribution in [0.1, 0.15) is 36.6 Å². The number of carbonyl (C=O) groups excluding carboxylic acids is 5. The minimum Gasteiger partial charge on any atom is -0.506 e. The van der Waals surface area contributed by atoms with Crippen LogP contribution in [0.2, 0.25) is 0 Å². The van der Waals surface area contributed by atoms with Gasteiger partial charge >= 0.3 is 12.1 Å². The van der Waals surface area contributed by atoms with Crippen LogP contribution in [0.4, 0.5) is 32.3 Å². The first-order valence-corrected chi connectivity index (χ1v) is 16.7. The van der Waals surface area contributed by atoms with Crippen molar-refractivity contribution >= 4 is 74.0 Å². The summed E-state index contributed by atoms with van der Waals surface area (Å²) in [5, 5.41) is 49.3. The van der Waals surface area contributed by atoms with Gasteiger partial charge in [0, 0.05) is 48.0 Å². The highest BCUT2D eigenvalue weighted by Gasteiger charge is 2.15. The summed E-state index contributed by atoms with van der Waals surface area (Å²) in [6, 6.07) is 27.7. The van der Waals surface area contributed by atoms with Crippen LogP contribution in [0.25, 0.3) is 21.5 Å². The molecule has 6 aromatic rings. The van der Waals surface area contributed by atoms with Crippen LogP contribution in [0.5, 0.6) is 11.5 Å². The predicted octanol–water partition coefficient (Wildman–Crippen LogP) is 7.80. The highest BCUT2D eigenvalue weighted by atomic mass is 16.3. The average molecular weight is 737 g/mol. The minimum atomic E-state index is -0.637. The van der Waals surface area contributed by atoms with E-state index in [0.29, 0.717) is 38.5 Å². The number of rotatable bonds is 9. The number of hydrogen-bond acceptors (Lipinski definition) is 11. The number of hydrogen-bond donors (Lipinski definition) is 6. The van der Waals surface area contributed by atoms with Crippen LogP contribution >= 0.6 is 0 Å². The van der Waals surface area contributed by atoms with E-state index in [1.54, 1.807) is 84.9 Å². The van der Waals surface area contributed by atoms with Crippen molar-refractivity contribution < 1.29 is 34.2 Å². The third kappa shape index (κ3) is 8.64. The zero-order chi connectivity index (χ0) is 39.1. The van der Waals surface area contributed by atoms with Crippen molar-refractivity contribution in [2.24, 2.45) is 20.5 Å². The Kier molecular flexibility index (Phi) is 10.9. The zero-order valence-electron chi connectivity index (χ0n) is 29.3. The minimum absolute atomic E-state index is 0.109. The molecule has 0 saturated carbocycles. The zero-order valence-corrected chi connectivity index (χ0v) is 29.3. The lowest BCUT2D eigenvalue weighted by Crippen LogP contribution is -2.37. The van der Waals surface area contributed by atoms with E-state index in [4.69, 9.17) is 0 Å². The van der Waals surface area contributed by atoms with Crippen LogP contribution in [0.3, 0.4) is 0 Å². The molecule has 55 heavy (non-hydrogen) atoms. The number of phenolic OH excluding ortho intramolecular Hbond substituents is 2. The normalized spacial score (nSPS) is 11.2. The van der Waals surface area contributed by atoms with Gasteiger partial charge in [-0.1, -0.05) is 36.4 Å². The number of urea groups is 2. The summed E-state index contributed by atoms with van der Waals surface area (Å²) in [4.78, 5) is 60.8. The molecule has 6 amide bonds. The Bertz CT molecular complexity index is 2550. The van der Waals surface area contributed by atoms with Gasteiger partial charge in [0.1, 0.15) is 22.9 Å². The number of amides is 6. The van der Waals surface area contributed by atoms with Gasteiger partial charge in [-0.05, 0) is 89.1 Å². The van der Waals surface area contributed by atoms with Gasteiger partial charge in [0.15, 0.2) is 5.78 Å². The number of benzene rings is 6. The SMILES string of the molecule is CNC(=O)NC(=O)c1ccc2c(N=Nc3ccc(CC(=O)c4ccc(N=Nc5c(O)ccc6cc(C(=O)NC(=O)NC)ccc56)cc4)cc3)c(O)ccc2c1. The van der Waals surface area contributed by atoms with Crippen molar-refractivity contribution in [2.45, 2.75) is 6.42 Å². The third-order valence-corrected chi connectivity index (χ3v) is 8.39. The van der Waals surface area contributed by atoms with Gasteiger partial charge in [-0.2, -0.15) is 10.2 Å². The van der Waals surface area contributed by atoms with Crippen molar-refractivity contribution in [3.63, 3.8) is 0 Å². The Balaban J connectivity index is 1.10. The Morgan fingerprint density at radius 1 is 0.509 bits per heavy atom. The Labute approximate surface area is 312 Å². The number of ketones is 1. The van der Waals surface area contributed by atoms with Crippen molar-refractivity contribution in [3.05, 3.63) is 131 Å². The lowest BCUT2D eigenvalue weighted by Gasteiger charge is -2.07. The van der Waals surface area contributed by atoms with Crippen LogP contribution in [-0.2, 0) is 6.42 Å². The fraction of sp³-hybridized carbons (Fsp3) is 0.0750. The van der Waals surface area contributed by atoms with Crippen LogP contribution in [0.15, 0.2) is 130 Å². The lowest BCUT2D eigenvalue weighted by atomic mass is 10.0. The van der Waals surface area contributed by atoms with Crippen molar-refractivity contribution in [1.29, 1.82) is 0 Å². The van der Waals surface area contributed by atoms with E-state index in [1.807, 2.05) is 0 Å². The summed E-state index contributed by atoms with van der Waals surface area (Å²) in [6.45, 7) is 0. The van der Waals surface area contributed by atoms with Crippen LogP contribution in [-0.4, -0.2) is 54.0 Å². The number of phenols is 2. The Hall–Kier alpha value is -7.81. The number of nitrogens with one attached hydrogen (secondary N) is 4. The highest BCUT2D eigenvalue weighted by Crippen LogP contribution is 2.38. The molecular formula is C40H32N8O7.